The fourth-order valence-corrected chi connectivity index (χ4v) is 2.82. The van der Waals surface area contributed by atoms with Crippen LogP contribution in [0.5, 0.6) is 11.5 Å². The van der Waals surface area contributed by atoms with Gasteiger partial charge in [-0.25, -0.2) is 0 Å². The number of methoxy groups -OCH3 is 2. The first kappa shape index (κ1) is 19.4. The van der Waals surface area contributed by atoms with Crippen molar-refractivity contribution < 1.29 is 18.8 Å². The molecule has 1 amide bonds. The molecule has 0 atom stereocenters. The minimum atomic E-state index is -0.0475. The number of benzene rings is 2. The normalized spacial score (nSPS) is 10.6. The molecule has 28 heavy (non-hydrogen) atoms. The third-order valence-corrected chi connectivity index (χ3v) is 4.44. The molecule has 7 heteroatoms. The van der Waals surface area contributed by atoms with Crippen LogP contribution in [-0.2, 0) is 6.42 Å². The van der Waals surface area contributed by atoms with Gasteiger partial charge in [-0.1, -0.05) is 11.2 Å². The maximum Gasteiger partial charge on any atom is 0.257 e. The second kappa shape index (κ2) is 8.56. The summed E-state index contributed by atoms with van der Waals surface area (Å²) in [6.45, 7) is 2.34. The van der Waals surface area contributed by atoms with Crippen LogP contribution in [-0.4, -0.2) is 48.8 Å². The van der Waals surface area contributed by atoms with Crippen molar-refractivity contribution in [2.45, 2.75) is 13.3 Å². The molecule has 0 bridgehead atoms. The highest BCUT2D eigenvalue weighted by molar-refractivity contribution is 5.94. The SMILES string of the molecule is COc1ccc(CCN(C)C(=O)c2ccc(-c3nc(C)no3)cc2)cc1OC. The number of hydrogen-bond donors (Lipinski definition) is 0. The van der Waals surface area contributed by atoms with Gasteiger partial charge in [-0.3, -0.25) is 4.79 Å². The van der Waals surface area contributed by atoms with E-state index in [0.717, 1.165) is 11.1 Å². The van der Waals surface area contributed by atoms with Gasteiger partial charge in [0.2, 0.25) is 0 Å². The van der Waals surface area contributed by atoms with Crippen molar-refractivity contribution in [2.24, 2.45) is 0 Å². The summed E-state index contributed by atoms with van der Waals surface area (Å²) in [5, 5.41) is 3.78. The molecule has 146 valence electrons. The lowest BCUT2D eigenvalue weighted by atomic mass is 10.1. The Balaban J connectivity index is 1.63. The van der Waals surface area contributed by atoms with Crippen LogP contribution in [0.4, 0.5) is 0 Å². The Hall–Kier alpha value is -3.35. The lowest BCUT2D eigenvalue weighted by Crippen LogP contribution is -2.28. The quantitative estimate of drug-likeness (QED) is 0.624. The molecule has 0 unspecified atom stereocenters. The molecule has 0 N–H and O–H groups in total. The van der Waals surface area contributed by atoms with E-state index in [1.54, 1.807) is 45.2 Å². The third-order valence-electron chi connectivity index (χ3n) is 4.44. The van der Waals surface area contributed by atoms with Crippen molar-refractivity contribution in [3.63, 3.8) is 0 Å². The van der Waals surface area contributed by atoms with Gasteiger partial charge in [0.15, 0.2) is 17.3 Å². The number of likely N-dealkylation sites (N-methyl/N-ethyl adjacent to an activating group) is 1. The number of ether oxygens (including phenoxy) is 2. The van der Waals surface area contributed by atoms with Gasteiger partial charge in [0.1, 0.15) is 0 Å². The summed E-state index contributed by atoms with van der Waals surface area (Å²) in [5.74, 6) is 2.34. The fourth-order valence-electron chi connectivity index (χ4n) is 2.82. The van der Waals surface area contributed by atoms with E-state index in [0.29, 0.717) is 41.7 Å². The summed E-state index contributed by atoms with van der Waals surface area (Å²) in [7, 11) is 5.00. The van der Waals surface area contributed by atoms with Gasteiger partial charge in [-0.15, -0.1) is 0 Å². The van der Waals surface area contributed by atoms with Crippen LogP contribution >= 0.6 is 0 Å². The number of carbonyl (C=O) groups is 1. The number of rotatable bonds is 7. The van der Waals surface area contributed by atoms with E-state index in [2.05, 4.69) is 10.1 Å². The van der Waals surface area contributed by atoms with Gasteiger partial charge >= 0.3 is 0 Å². The molecule has 2 aromatic carbocycles. The first-order chi connectivity index (χ1) is 13.5. The standard InChI is InChI=1S/C21H23N3O4/c1-14-22-20(28-23-14)16-6-8-17(9-7-16)21(25)24(2)12-11-15-5-10-18(26-3)19(13-15)27-4/h5-10,13H,11-12H2,1-4H3. The summed E-state index contributed by atoms with van der Waals surface area (Å²) < 4.78 is 15.7. The zero-order valence-corrected chi connectivity index (χ0v) is 16.4. The average molecular weight is 381 g/mol. The Bertz CT molecular complexity index is 951. The predicted octanol–water partition coefficient (Wildman–Crippen LogP) is 3.38. The molecular formula is C21H23N3O4. The van der Waals surface area contributed by atoms with Gasteiger partial charge in [-0.05, 0) is 55.3 Å². The Kier molecular flexibility index (Phi) is 5.93. The summed E-state index contributed by atoms with van der Waals surface area (Å²) in [4.78, 5) is 18.6. The van der Waals surface area contributed by atoms with Crippen LogP contribution < -0.4 is 9.47 Å². The van der Waals surface area contributed by atoms with Crippen LogP contribution in [0.15, 0.2) is 47.0 Å². The van der Waals surface area contributed by atoms with Crippen molar-refractivity contribution in [1.29, 1.82) is 0 Å². The topological polar surface area (TPSA) is 77.7 Å². The van der Waals surface area contributed by atoms with Crippen molar-refractivity contribution in [1.82, 2.24) is 15.0 Å². The van der Waals surface area contributed by atoms with E-state index in [4.69, 9.17) is 14.0 Å². The summed E-state index contributed by atoms with van der Waals surface area (Å²) in [5.41, 5.74) is 2.46. The van der Waals surface area contributed by atoms with Crippen molar-refractivity contribution in [3.8, 4) is 23.0 Å². The molecule has 0 fully saturated rings. The molecule has 0 aliphatic rings. The highest BCUT2D eigenvalue weighted by Crippen LogP contribution is 2.27. The first-order valence-electron chi connectivity index (χ1n) is 8.89. The molecule has 7 nitrogen and oxygen atoms in total. The second-order valence-electron chi connectivity index (χ2n) is 6.39. The maximum absolute atomic E-state index is 12.7. The Morgan fingerprint density at radius 1 is 1.07 bits per heavy atom. The number of amides is 1. The largest absolute Gasteiger partial charge is 0.493 e. The Morgan fingerprint density at radius 3 is 2.39 bits per heavy atom. The number of carbonyl (C=O) groups excluding carboxylic acids is 1. The molecule has 0 saturated carbocycles. The highest BCUT2D eigenvalue weighted by Gasteiger charge is 2.14. The minimum absolute atomic E-state index is 0.0475. The lowest BCUT2D eigenvalue weighted by Gasteiger charge is -2.18. The second-order valence-corrected chi connectivity index (χ2v) is 6.39. The Labute approximate surface area is 163 Å². The van der Waals surface area contributed by atoms with E-state index >= 15 is 0 Å². The molecule has 1 aromatic heterocycles. The van der Waals surface area contributed by atoms with Gasteiger partial charge in [0.05, 0.1) is 14.2 Å². The molecule has 0 aliphatic heterocycles. The van der Waals surface area contributed by atoms with Crippen LogP contribution in [0.2, 0.25) is 0 Å². The van der Waals surface area contributed by atoms with E-state index in [9.17, 15) is 4.79 Å². The van der Waals surface area contributed by atoms with E-state index in [-0.39, 0.29) is 5.91 Å². The molecule has 3 aromatic rings. The summed E-state index contributed by atoms with van der Waals surface area (Å²) >= 11 is 0. The molecule has 0 spiro atoms. The van der Waals surface area contributed by atoms with Crippen LogP contribution in [0.25, 0.3) is 11.5 Å². The smallest absolute Gasteiger partial charge is 0.257 e. The Morgan fingerprint density at radius 2 is 1.79 bits per heavy atom. The predicted molar refractivity (Wildman–Crippen MR) is 105 cm³/mol. The molecule has 0 saturated heterocycles. The van der Waals surface area contributed by atoms with Crippen molar-refractivity contribution in [2.75, 3.05) is 27.8 Å². The van der Waals surface area contributed by atoms with Gasteiger partial charge in [-0.2, -0.15) is 4.98 Å². The third kappa shape index (κ3) is 4.31. The maximum atomic E-state index is 12.7. The summed E-state index contributed by atoms with van der Waals surface area (Å²) in [6, 6.07) is 12.9. The van der Waals surface area contributed by atoms with Crippen molar-refractivity contribution in [3.05, 3.63) is 59.4 Å². The van der Waals surface area contributed by atoms with Crippen LogP contribution in [0.3, 0.4) is 0 Å². The summed E-state index contributed by atoms with van der Waals surface area (Å²) in [6.07, 6.45) is 0.710. The van der Waals surface area contributed by atoms with Gasteiger partial charge < -0.3 is 18.9 Å². The van der Waals surface area contributed by atoms with E-state index in [1.807, 2.05) is 30.3 Å². The van der Waals surface area contributed by atoms with Gasteiger partial charge in [0.25, 0.3) is 11.8 Å². The monoisotopic (exact) mass is 381 g/mol. The first-order valence-corrected chi connectivity index (χ1v) is 8.89. The van der Waals surface area contributed by atoms with E-state index < -0.39 is 0 Å². The number of hydrogen-bond acceptors (Lipinski definition) is 6. The van der Waals surface area contributed by atoms with Crippen molar-refractivity contribution >= 4 is 5.91 Å². The zero-order chi connectivity index (χ0) is 20.1. The number of aromatic nitrogens is 2. The molecule has 1 heterocycles. The minimum Gasteiger partial charge on any atom is -0.493 e. The lowest BCUT2D eigenvalue weighted by molar-refractivity contribution is 0.0796. The fraction of sp³-hybridized carbons (Fsp3) is 0.286. The number of nitrogens with zero attached hydrogens (tertiary/aromatic N) is 3. The molecule has 0 aliphatic carbocycles. The highest BCUT2D eigenvalue weighted by atomic mass is 16.5. The molecule has 3 rings (SSSR count). The van der Waals surface area contributed by atoms with Crippen LogP contribution in [0, 0.1) is 6.92 Å². The van der Waals surface area contributed by atoms with E-state index in [1.165, 1.54) is 0 Å². The molecular weight excluding hydrogens is 358 g/mol. The van der Waals surface area contributed by atoms with Crippen LogP contribution in [0.1, 0.15) is 21.7 Å². The average Bonchev–Trinajstić information content (AvgIpc) is 3.17. The number of aryl methyl sites for hydroxylation is 1. The zero-order valence-electron chi connectivity index (χ0n) is 16.4. The van der Waals surface area contributed by atoms with Gasteiger partial charge in [0, 0.05) is 24.7 Å². The molecule has 0 radical (unpaired) electrons.